The van der Waals surface area contributed by atoms with Crippen molar-refractivity contribution < 1.29 is 4.79 Å². The maximum absolute atomic E-state index is 12.5. The number of carbonyl (C=O) groups excluding carboxylic acids is 1. The van der Waals surface area contributed by atoms with Gasteiger partial charge in [0.15, 0.2) is 0 Å². The number of hydrogen-bond donors (Lipinski definition) is 1. The summed E-state index contributed by atoms with van der Waals surface area (Å²) in [5.74, 6) is 0.597. The first-order valence-electron chi connectivity index (χ1n) is 6.45. The smallest absolute Gasteiger partial charge is 0.266 e. The minimum absolute atomic E-state index is 0.0343. The highest BCUT2D eigenvalue weighted by Gasteiger charge is 2.26. The molecule has 0 aliphatic carbocycles. The van der Waals surface area contributed by atoms with Crippen molar-refractivity contribution in [1.82, 2.24) is 15.1 Å². The molecular formula is C13H16N4OS. The lowest BCUT2D eigenvalue weighted by molar-refractivity contribution is 0.0689. The van der Waals surface area contributed by atoms with E-state index in [1.807, 2.05) is 11.0 Å². The second kappa shape index (κ2) is 4.77. The van der Waals surface area contributed by atoms with E-state index in [2.05, 4.69) is 17.1 Å². The van der Waals surface area contributed by atoms with Gasteiger partial charge in [-0.15, -0.1) is 16.4 Å². The molecule has 3 rings (SSSR count). The molecule has 1 amide bonds. The first kappa shape index (κ1) is 12.3. The van der Waals surface area contributed by atoms with Gasteiger partial charge in [-0.3, -0.25) is 4.79 Å². The van der Waals surface area contributed by atoms with Crippen LogP contribution in [-0.4, -0.2) is 34.1 Å². The highest BCUT2D eigenvalue weighted by molar-refractivity contribution is 7.21. The third kappa shape index (κ3) is 2.16. The lowest BCUT2D eigenvalue weighted by Gasteiger charge is -2.30. The monoisotopic (exact) mass is 276 g/mol. The number of aromatic nitrogens is 2. The van der Waals surface area contributed by atoms with E-state index in [1.165, 1.54) is 17.8 Å². The van der Waals surface area contributed by atoms with Gasteiger partial charge in [0.25, 0.3) is 5.91 Å². The number of anilines is 1. The molecule has 0 saturated carbocycles. The van der Waals surface area contributed by atoms with Crippen LogP contribution in [-0.2, 0) is 0 Å². The molecule has 0 aromatic carbocycles. The van der Waals surface area contributed by atoms with Crippen LogP contribution >= 0.6 is 11.3 Å². The Kier molecular flexibility index (Phi) is 3.10. The number of piperidine rings is 1. The zero-order valence-electron chi connectivity index (χ0n) is 10.8. The van der Waals surface area contributed by atoms with Gasteiger partial charge in [0, 0.05) is 18.5 Å². The number of amides is 1. The van der Waals surface area contributed by atoms with E-state index in [9.17, 15) is 4.79 Å². The van der Waals surface area contributed by atoms with Gasteiger partial charge in [-0.1, -0.05) is 6.92 Å². The zero-order valence-corrected chi connectivity index (χ0v) is 11.6. The Morgan fingerprint density at radius 1 is 1.58 bits per heavy atom. The van der Waals surface area contributed by atoms with Crippen LogP contribution in [0.2, 0.25) is 0 Å². The van der Waals surface area contributed by atoms with Gasteiger partial charge < -0.3 is 10.6 Å². The molecule has 0 spiro atoms. The van der Waals surface area contributed by atoms with Crippen molar-refractivity contribution >= 4 is 33.1 Å². The summed E-state index contributed by atoms with van der Waals surface area (Å²) in [7, 11) is 0. The second-order valence-electron chi connectivity index (χ2n) is 5.09. The number of rotatable bonds is 1. The van der Waals surface area contributed by atoms with E-state index in [0.717, 1.165) is 29.7 Å². The maximum Gasteiger partial charge on any atom is 0.266 e. The van der Waals surface area contributed by atoms with E-state index in [-0.39, 0.29) is 5.91 Å². The average molecular weight is 276 g/mol. The van der Waals surface area contributed by atoms with Gasteiger partial charge >= 0.3 is 0 Å². The van der Waals surface area contributed by atoms with Gasteiger partial charge in [-0.25, -0.2) is 0 Å². The van der Waals surface area contributed by atoms with Crippen LogP contribution in [0.4, 0.5) is 5.69 Å². The summed E-state index contributed by atoms with van der Waals surface area (Å²) in [5, 5.41) is 8.68. The Labute approximate surface area is 115 Å². The molecule has 6 heteroatoms. The first-order valence-corrected chi connectivity index (χ1v) is 7.27. The summed E-state index contributed by atoms with van der Waals surface area (Å²) in [6.45, 7) is 3.82. The van der Waals surface area contributed by atoms with Gasteiger partial charge in [0.2, 0.25) is 0 Å². The molecule has 1 unspecified atom stereocenters. The summed E-state index contributed by atoms with van der Waals surface area (Å²) >= 11 is 1.34. The van der Waals surface area contributed by atoms with Gasteiger partial charge in [0.1, 0.15) is 9.71 Å². The number of thiophene rings is 1. The molecule has 100 valence electrons. The van der Waals surface area contributed by atoms with Crippen LogP contribution in [0.15, 0.2) is 12.3 Å². The Balaban J connectivity index is 1.95. The summed E-state index contributed by atoms with van der Waals surface area (Å²) in [6.07, 6.45) is 3.86. The summed E-state index contributed by atoms with van der Waals surface area (Å²) in [4.78, 5) is 15.8. The lowest BCUT2D eigenvalue weighted by Crippen LogP contribution is -2.38. The fraction of sp³-hybridized carbons (Fsp3) is 0.462. The Hall–Kier alpha value is -1.69. The van der Waals surface area contributed by atoms with E-state index < -0.39 is 0 Å². The van der Waals surface area contributed by atoms with E-state index in [4.69, 9.17) is 5.73 Å². The summed E-state index contributed by atoms with van der Waals surface area (Å²) < 4.78 is 0. The molecule has 0 radical (unpaired) electrons. The average Bonchev–Trinajstić information content (AvgIpc) is 2.76. The molecule has 2 N–H and O–H groups in total. The predicted octanol–water partition coefficient (Wildman–Crippen LogP) is 2.15. The topological polar surface area (TPSA) is 72.1 Å². The van der Waals surface area contributed by atoms with Crippen LogP contribution in [0.25, 0.3) is 10.2 Å². The van der Waals surface area contributed by atoms with Crippen LogP contribution in [0.3, 0.4) is 0 Å². The van der Waals surface area contributed by atoms with Gasteiger partial charge in [-0.05, 0) is 24.8 Å². The molecule has 3 heterocycles. The maximum atomic E-state index is 12.5. The number of hydrogen-bond acceptors (Lipinski definition) is 5. The molecule has 2 aromatic heterocycles. The normalized spacial score (nSPS) is 19.8. The second-order valence-corrected chi connectivity index (χ2v) is 6.09. The molecule has 1 atom stereocenters. The van der Waals surface area contributed by atoms with Crippen molar-refractivity contribution in [2.75, 3.05) is 18.8 Å². The van der Waals surface area contributed by atoms with Crippen LogP contribution < -0.4 is 5.73 Å². The number of nitrogens with two attached hydrogens (primary N) is 1. The zero-order chi connectivity index (χ0) is 13.4. The van der Waals surface area contributed by atoms with E-state index >= 15 is 0 Å². The SMILES string of the molecule is CC1CCCN(C(=O)c2sc3nnccc3c2N)C1. The molecule has 1 aliphatic rings. The van der Waals surface area contributed by atoms with Gasteiger partial charge in [-0.2, -0.15) is 5.10 Å². The number of carbonyl (C=O) groups is 1. The molecule has 1 saturated heterocycles. The molecular weight excluding hydrogens is 260 g/mol. The van der Waals surface area contributed by atoms with Crippen LogP contribution in [0.5, 0.6) is 0 Å². The molecule has 1 aliphatic heterocycles. The fourth-order valence-electron chi connectivity index (χ4n) is 2.55. The molecule has 2 aromatic rings. The number of likely N-dealkylation sites (tertiary alicyclic amines) is 1. The van der Waals surface area contributed by atoms with Crippen molar-refractivity contribution in [3.63, 3.8) is 0 Å². The Bertz CT molecular complexity index is 624. The highest BCUT2D eigenvalue weighted by atomic mass is 32.1. The van der Waals surface area contributed by atoms with Gasteiger partial charge in [0.05, 0.1) is 11.9 Å². The Morgan fingerprint density at radius 3 is 3.16 bits per heavy atom. The molecule has 19 heavy (non-hydrogen) atoms. The lowest BCUT2D eigenvalue weighted by atomic mass is 10.0. The third-order valence-electron chi connectivity index (χ3n) is 3.56. The molecule has 1 fully saturated rings. The van der Waals surface area contributed by atoms with Crippen LogP contribution in [0, 0.1) is 5.92 Å². The summed E-state index contributed by atoms with van der Waals surface area (Å²) in [5.41, 5.74) is 6.62. The Morgan fingerprint density at radius 2 is 2.42 bits per heavy atom. The van der Waals surface area contributed by atoms with Crippen molar-refractivity contribution in [3.05, 3.63) is 17.1 Å². The van der Waals surface area contributed by atoms with Crippen LogP contribution in [0.1, 0.15) is 29.4 Å². The quantitative estimate of drug-likeness (QED) is 0.866. The number of nitrogen functional groups attached to an aromatic ring is 1. The predicted molar refractivity (Wildman–Crippen MR) is 76.1 cm³/mol. The summed E-state index contributed by atoms with van der Waals surface area (Å²) in [6, 6.07) is 1.81. The number of nitrogens with zero attached hydrogens (tertiary/aromatic N) is 3. The van der Waals surface area contributed by atoms with E-state index in [0.29, 0.717) is 16.5 Å². The molecule has 0 bridgehead atoms. The highest BCUT2D eigenvalue weighted by Crippen LogP contribution is 2.33. The minimum atomic E-state index is 0.0343. The van der Waals surface area contributed by atoms with Crippen molar-refractivity contribution in [2.24, 2.45) is 5.92 Å². The van der Waals surface area contributed by atoms with E-state index in [1.54, 1.807) is 6.20 Å². The minimum Gasteiger partial charge on any atom is -0.397 e. The standard InChI is InChI=1S/C13H16N4OS/c1-8-3-2-6-17(7-8)13(18)11-10(14)9-4-5-15-16-12(9)19-11/h4-5,8H,2-3,6-7,14H2,1H3. The fourth-order valence-corrected chi connectivity index (χ4v) is 3.56. The molecule has 5 nitrogen and oxygen atoms in total. The largest absolute Gasteiger partial charge is 0.397 e. The number of fused-ring (bicyclic) bond motifs is 1. The third-order valence-corrected chi connectivity index (χ3v) is 4.65. The van der Waals surface area contributed by atoms with Crippen molar-refractivity contribution in [2.45, 2.75) is 19.8 Å². The van der Waals surface area contributed by atoms with Crippen molar-refractivity contribution in [1.29, 1.82) is 0 Å². The van der Waals surface area contributed by atoms with Crippen molar-refractivity contribution in [3.8, 4) is 0 Å². The first-order chi connectivity index (χ1) is 9.16.